The molecule has 2 rings (SSSR count). The van der Waals surface area contributed by atoms with Crippen LogP contribution in [0.15, 0.2) is 0 Å². The van der Waals surface area contributed by atoms with Crippen molar-refractivity contribution in [1.29, 1.82) is 0 Å². The molecule has 0 aromatic rings. The first kappa shape index (κ1) is 13.2. The first-order chi connectivity index (χ1) is 7.83. The van der Waals surface area contributed by atoms with Crippen molar-refractivity contribution < 1.29 is 9.53 Å². The van der Waals surface area contributed by atoms with E-state index in [0.29, 0.717) is 11.7 Å². The van der Waals surface area contributed by atoms with Crippen LogP contribution in [0, 0.1) is 16.7 Å². The number of carbonyl (C=O) groups is 1. The molecule has 0 spiro atoms. The molecule has 0 radical (unpaired) electrons. The highest BCUT2D eigenvalue weighted by molar-refractivity contribution is 7.80. The first-order valence-corrected chi connectivity index (χ1v) is 7.03. The Morgan fingerprint density at radius 3 is 2.59 bits per heavy atom. The minimum Gasteiger partial charge on any atom is -0.461 e. The van der Waals surface area contributed by atoms with Gasteiger partial charge in [-0.1, -0.05) is 20.8 Å². The Balaban J connectivity index is 2.08. The zero-order chi connectivity index (χ0) is 12.8. The summed E-state index contributed by atoms with van der Waals surface area (Å²) in [7, 11) is 0. The monoisotopic (exact) mass is 257 g/mol. The van der Waals surface area contributed by atoms with E-state index in [1.54, 1.807) is 0 Å². The second kappa shape index (κ2) is 4.16. The Bertz CT molecular complexity index is 331. The summed E-state index contributed by atoms with van der Waals surface area (Å²) >= 11 is 4.03. The summed E-state index contributed by atoms with van der Waals surface area (Å²) in [4.78, 5) is 11.8. The number of hydrogen-bond acceptors (Lipinski definition) is 4. The van der Waals surface area contributed by atoms with Crippen molar-refractivity contribution in [2.75, 3.05) is 5.75 Å². The number of carbonyl (C=O) groups excluding carboxylic acids is 1. The van der Waals surface area contributed by atoms with Gasteiger partial charge in [-0.2, -0.15) is 12.6 Å². The van der Waals surface area contributed by atoms with Gasteiger partial charge in [0.1, 0.15) is 12.1 Å². The van der Waals surface area contributed by atoms with Crippen molar-refractivity contribution in [2.45, 2.75) is 52.2 Å². The SMILES string of the molecule is CC1(C)C2CCC1(C)C(OC(=O)[C@@H](N)CS)C2. The van der Waals surface area contributed by atoms with E-state index < -0.39 is 6.04 Å². The van der Waals surface area contributed by atoms with E-state index in [1.807, 2.05) is 0 Å². The number of ether oxygens (including phenoxy) is 1. The number of fused-ring (bicyclic) bond motifs is 2. The summed E-state index contributed by atoms with van der Waals surface area (Å²) in [5.41, 5.74) is 6.03. The fraction of sp³-hybridized carbons (Fsp3) is 0.923. The number of hydrogen-bond donors (Lipinski definition) is 2. The van der Waals surface area contributed by atoms with Crippen LogP contribution < -0.4 is 5.73 Å². The molecule has 0 aromatic heterocycles. The van der Waals surface area contributed by atoms with Gasteiger partial charge in [0.2, 0.25) is 0 Å². The fourth-order valence-electron chi connectivity index (χ4n) is 3.61. The Morgan fingerprint density at radius 1 is 1.53 bits per heavy atom. The van der Waals surface area contributed by atoms with Crippen LogP contribution in [0.4, 0.5) is 0 Å². The Hall–Kier alpha value is -0.220. The standard InChI is InChI=1S/C13H23NO2S/c1-12(2)8-4-5-13(12,3)10(6-8)16-11(15)9(14)7-17/h8-10,17H,4-7,14H2,1-3H3/t8?,9-,10?,13?/m0/s1. The molecule has 0 saturated heterocycles. The van der Waals surface area contributed by atoms with Crippen molar-refractivity contribution in [3.05, 3.63) is 0 Å². The summed E-state index contributed by atoms with van der Waals surface area (Å²) in [6.07, 6.45) is 3.44. The molecule has 0 aliphatic heterocycles. The molecule has 2 aliphatic rings. The highest BCUT2D eigenvalue weighted by atomic mass is 32.1. The van der Waals surface area contributed by atoms with Gasteiger partial charge in [-0.15, -0.1) is 0 Å². The zero-order valence-electron chi connectivity index (χ0n) is 10.9. The fourth-order valence-corrected chi connectivity index (χ4v) is 3.76. The second-order valence-electron chi connectivity index (χ2n) is 6.33. The summed E-state index contributed by atoms with van der Waals surface area (Å²) in [6, 6.07) is -0.593. The molecular formula is C13H23NO2S. The minimum absolute atomic E-state index is 0.0367. The molecule has 4 atom stereocenters. The van der Waals surface area contributed by atoms with Crippen LogP contribution in [0.2, 0.25) is 0 Å². The maximum atomic E-state index is 11.8. The van der Waals surface area contributed by atoms with Gasteiger partial charge in [0, 0.05) is 11.2 Å². The van der Waals surface area contributed by atoms with Crippen molar-refractivity contribution in [2.24, 2.45) is 22.5 Å². The van der Waals surface area contributed by atoms with Crippen molar-refractivity contribution >= 4 is 18.6 Å². The first-order valence-electron chi connectivity index (χ1n) is 6.40. The molecule has 2 bridgehead atoms. The van der Waals surface area contributed by atoms with Crippen molar-refractivity contribution in [1.82, 2.24) is 0 Å². The molecule has 3 unspecified atom stereocenters. The molecule has 0 amide bonds. The topological polar surface area (TPSA) is 52.3 Å². The summed E-state index contributed by atoms with van der Waals surface area (Å²) in [5.74, 6) is 0.724. The van der Waals surface area contributed by atoms with Gasteiger partial charge in [-0.25, -0.2) is 0 Å². The lowest BCUT2D eigenvalue weighted by Crippen LogP contribution is -2.42. The van der Waals surface area contributed by atoms with Crippen LogP contribution in [0.5, 0.6) is 0 Å². The molecule has 2 aliphatic carbocycles. The van der Waals surface area contributed by atoms with Crippen LogP contribution >= 0.6 is 12.6 Å². The van der Waals surface area contributed by atoms with Crippen LogP contribution in [0.3, 0.4) is 0 Å². The predicted octanol–water partition coefficient (Wildman–Crippen LogP) is 2.00. The van der Waals surface area contributed by atoms with Crippen LogP contribution in [0.25, 0.3) is 0 Å². The summed E-state index contributed by atoms with van der Waals surface area (Å²) in [5, 5.41) is 0. The van der Waals surface area contributed by atoms with Gasteiger partial charge in [0.25, 0.3) is 0 Å². The Labute approximate surface area is 109 Å². The quantitative estimate of drug-likeness (QED) is 0.600. The van der Waals surface area contributed by atoms with Gasteiger partial charge < -0.3 is 10.5 Å². The molecule has 17 heavy (non-hydrogen) atoms. The van der Waals surface area contributed by atoms with Gasteiger partial charge in [0.15, 0.2) is 0 Å². The van der Waals surface area contributed by atoms with E-state index in [4.69, 9.17) is 10.5 Å². The molecule has 2 fully saturated rings. The van der Waals surface area contributed by atoms with Crippen molar-refractivity contribution in [3.63, 3.8) is 0 Å². The van der Waals surface area contributed by atoms with E-state index in [-0.39, 0.29) is 22.9 Å². The van der Waals surface area contributed by atoms with Gasteiger partial charge in [-0.05, 0) is 30.6 Å². The maximum Gasteiger partial charge on any atom is 0.324 e. The smallest absolute Gasteiger partial charge is 0.324 e. The summed E-state index contributed by atoms with van der Waals surface area (Å²) < 4.78 is 5.62. The van der Waals surface area contributed by atoms with E-state index in [9.17, 15) is 4.79 Å². The largest absolute Gasteiger partial charge is 0.461 e. The molecular weight excluding hydrogens is 234 g/mol. The molecule has 0 aromatic carbocycles. The minimum atomic E-state index is -0.593. The lowest BCUT2D eigenvalue weighted by Gasteiger charge is -2.38. The molecule has 2 saturated carbocycles. The average molecular weight is 257 g/mol. The number of esters is 1. The van der Waals surface area contributed by atoms with Gasteiger partial charge in [-0.3, -0.25) is 4.79 Å². The van der Waals surface area contributed by atoms with E-state index in [1.165, 1.54) is 6.42 Å². The number of nitrogens with two attached hydrogens (primary N) is 1. The van der Waals surface area contributed by atoms with E-state index in [0.717, 1.165) is 12.8 Å². The maximum absolute atomic E-state index is 11.8. The highest BCUT2D eigenvalue weighted by Gasteiger charge is 2.62. The lowest BCUT2D eigenvalue weighted by molar-refractivity contribution is -0.157. The second-order valence-corrected chi connectivity index (χ2v) is 6.69. The zero-order valence-corrected chi connectivity index (χ0v) is 11.8. The molecule has 2 N–H and O–H groups in total. The van der Waals surface area contributed by atoms with E-state index in [2.05, 4.69) is 33.4 Å². The third-order valence-electron chi connectivity index (χ3n) is 5.47. The third-order valence-corrected chi connectivity index (χ3v) is 5.87. The van der Waals surface area contributed by atoms with Crippen LogP contribution in [-0.2, 0) is 9.53 Å². The van der Waals surface area contributed by atoms with Crippen molar-refractivity contribution in [3.8, 4) is 0 Å². The number of rotatable bonds is 3. The number of thiol groups is 1. The van der Waals surface area contributed by atoms with Crippen LogP contribution in [-0.4, -0.2) is 23.9 Å². The molecule has 4 heteroatoms. The predicted molar refractivity (Wildman–Crippen MR) is 70.9 cm³/mol. The van der Waals surface area contributed by atoms with E-state index >= 15 is 0 Å². The molecule has 3 nitrogen and oxygen atoms in total. The molecule has 98 valence electrons. The normalized spacial score (nSPS) is 40.3. The molecule has 0 heterocycles. The van der Waals surface area contributed by atoms with Crippen LogP contribution in [0.1, 0.15) is 40.0 Å². The van der Waals surface area contributed by atoms with Gasteiger partial charge >= 0.3 is 5.97 Å². The Kier molecular flexibility index (Phi) is 3.24. The third kappa shape index (κ3) is 1.80. The summed E-state index contributed by atoms with van der Waals surface area (Å²) in [6.45, 7) is 6.86. The highest BCUT2D eigenvalue weighted by Crippen LogP contribution is 2.66. The lowest BCUT2D eigenvalue weighted by atomic mass is 9.70. The average Bonchev–Trinajstić information content (AvgIpc) is 2.60. The van der Waals surface area contributed by atoms with Gasteiger partial charge in [0.05, 0.1) is 0 Å². The Morgan fingerprint density at radius 2 is 2.18 bits per heavy atom.